The van der Waals surface area contributed by atoms with Crippen LogP contribution in [0.3, 0.4) is 0 Å². The van der Waals surface area contributed by atoms with Crippen LogP contribution in [0.15, 0.2) is 0 Å². The van der Waals surface area contributed by atoms with Crippen molar-refractivity contribution in [3.8, 4) is 0 Å². The molecule has 1 saturated heterocycles. The number of nitrogens with two attached hydrogens (primary N) is 1. The molecule has 0 spiro atoms. The van der Waals surface area contributed by atoms with Gasteiger partial charge in [-0.3, -0.25) is 4.90 Å². The highest BCUT2D eigenvalue weighted by Gasteiger charge is 2.45. The van der Waals surface area contributed by atoms with E-state index >= 15 is 0 Å². The van der Waals surface area contributed by atoms with Gasteiger partial charge in [0.1, 0.15) is 6.04 Å². The molecule has 1 aliphatic heterocycles. The SMILES string of the molecule is CC1CCCN(C(C(C)N)C(F)(F)F)CC1. The predicted octanol–water partition coefficient (Wildman–Crippen LogP) is 2.39. The Morgan fingerprint density at radius 3 is 2.38 bits per heavy atom. The molecule has 1 aliphatic rings. The average molecular weight is 238 g/mol. The quantitative estimate of drug-likeness (QED) is 0.800. The Morgan fingerprint density at radius 2 is 1.88 bits per heavy atom. The van der Waals surface area contributed by atoms with E-state index in [0.29, 0.717) is 19.0 Å². The summed E-state index contributed by atoms with van der Waals surface area (Å²) in [5.41, 5.74) is 5.48. The van der Waals surface area contributed by atoms with Crippen LogP contribution < -0.4 is 5.73 Å². The van der Waals surface area contributed by atoms with Gasteiger partial charge in [-0.25, -0.2) is 0 Å². The summed E-state index contributed by atoms with van der Waals surface area (Å²) in [7, 11) is 0. The number of hydrogen-bond donors (Lipinski definition) is 1. The Hall–Kier alpha value is -0.290. The number of nitrogens with zero attached hydrogens (tertiary/aromatic N) is 1. The summed E-state index contributed by atoms with van der Waals surface area (Å²) in [5, 5.41) is 0. The topological polar surface area (TPSA) is 29.3 Å². The van der Waals surface area contributed by atoms with Crippen LogP contribution in [0.25, 0.3) is 0 Å². The molecule has 16 heavy (non-hydrogen) atoms. The number of hydrogen-bond acceptors (Lipinski definition) is 2. The van der Waals surface area contributed by atoms with E-state index in [-0.39, 0.29) is 0 Å². The summed E-state index contributed by atoms with van der Waals surface area (Å²) < 4.78 is 38.6. The molecule has 1 rings (SSSR count). The fraction of sp³-hybridized carbons (Fsp3) is 1.00. The third-order valence-corrected chi connectivity index (χ3v) is 3.28. The zero-order valence-corrected chi connectivity index (χ0v) is 9.93. The summed E-state index contributed by atoms with van der Waals surface area (Å²) in [5.74, 6) is 0.520. The van der Waals surface area contributed by atoms with Gasteiger partial charge in [-0.1, -0.05) is 6.92 Å². The monoisotopic (exact) mass is 238 g/mol. The number of rotatable bonds is 2. The summed E-state index contributed by atoms with van der Waals surface area (Å²) >= 11 is 0. The van der Waals surface area contributed by atoms with E-state index in [1.807, 2.05) is 0 Å². The second-order valence-corrected chi connectivity index (χ2v) is 4.92. The number of halogens is 3. The van der Waals surface area contributed by atoms with Crippen LogP contribution >= 0.6 is 0 Å². The highest BCUT2D eigenvalue weighted by Crippen LogP contribution is 2.29. The van der Waals surface area contributed by atoms with Crippen LogP contribution in [0.2, 0.25) is 0 Å². The molecule has 0 bridgehead atoms. The Balaban J connectivity index is 2.71. The normalized spacial score (nSPS) is 28.5. The molecule has 0 aromatic rings. The lowest BCUT2D eigenvalue weighted by molar-refractivity contribution is -0.188. The lowest BCUT2D eigenvalue weighted by Gasteiger charge is -2.34. The van der Waals surface area contributed by atoms with E-state index in [1.165, 1.54) is 11.8 Å². The van der Waals surface area contributed by atoms with Gasteiger partial charge in [0, 0.05) is 6.04 Å². The largest absolute Gasteiger partial charge is 0.405 e. The maximum absolute atomic E-state index is 12.9. The van der Waals surface area contributed by atoms with Gasteiger partial charge in [0.2, 0.25) is 0 Å². The molecular formula is C11H21F3N2. The average Bonchev–Trinajstić information content (AvgIpc) is 2.28. The lowest BCUT2D eigenvalue weighted by Crippen LogP contribution is -2.55. The van der Waals surface area contributed by atoms with Crippen molar-refractivity contribution in [1.82, 2.24) is 4.90 Å². The van der Waals surface area contributed by atoms with Crippen LogP contribution in [0, 0.1) is 5.92 Å². The van der Waals surface area contributed by atoms with E-state index < -0.39 is 18.3 Å². The number of likely N-dealkylation sites (tertiary alicyclic amines) is 1. The first-order valence-corrected chi connectivity index (χ1v) is 5.88. The van der Waals surface area contributed by atoms with Gasteiger partial charge in [-0.05, 0) is 45.2 Å². The summed E-state index contributed by atoms with van der Waals surface area (Å²) in [4.78, 5) is 1.51. The molecule has 0 radical (unpaired) electrons. The van der Waals surface area contributed by atoms with Crippen molar-refractivity contribution in [1.29, 1.82) is 0 Å². The molecule has 0 aromatic heterocycles. The third-order valence-electron chi connectivity index (χ3n) is 3.28. The van der Waals surface area contributed by atoms with Crippen molar-refractivity contribution < 1.29 is 13.2 Å². The van der Waals surface area contributed by atoms with Crippen molar-refractivity contribution in [3.05, 3.63) is 0 Å². The van der Waals surface area contributed by atoms with Crippen molar-refractivity contribution in [2.24, 2.45) is 11.7 Å². The first kappa shape index (κ1) is 13.8. The van der Waals surface area contributed by atoms with Crippen LogP contribution in [0.1, 0.15) is 33.1 Å². The maximum Gasteiger partial charge on any atom is 0.405 e. The van der Waals surface area contributed by atoms with Crippen LogP contribution in [0.4, 0.5) is 13.2 Å². The van der Waals surface area contributed by atoms with Crippen molar-refractivity contribution in [3.63, 3.8) is 0 Å². The van der Waals surface area contributed by atoms with Gasteiger partial charge in [0.05, 0.1) is 0 Å². The molecule has 3 unspecified atom stereocenters. The minimum atomic E-state index is -4.22. The molecule has 0 aromatic carbocycles. The van der Waals surface area contributed by atoms with Gasteiger partial charge >= 0.3 is 6.18 Å². The minimum Gasteiger partial charge on any atom is -0.326 e. The van der Waals surface area contributed by atoms with Gasteiger partial charge in [-0.2, -0.15) is 13.2 Å². The molecular weight excluding hydrogens is 217 g/mol. The molecule has 2 N–H and O–H groups in total. The molecule has 5 heteroatoms. The fourth-order valence-electron chi connectivity index (χ4n) is 2.40. The molecule has 3 atom stereocenters. The molecule has 0 saturated carbocycles. The van der Waals surface area contributed by atoms with Gasteiger partial charge in [0.25, 0.3) is 0 Å². The van der Waals surface area contributed by atoms with Crippen LogP contribution in [-0.4, -0.2) is 36.2 Å². The molecule has 1 fully saturated rings. The zero-order chi connectivity index (χ0) is 12.3. The molecule has 1 heterocycles. The van der Waals surface area contributed by atoms with E-state index in [0.717, 1.165) is 19.3 Å². The third kappa shape index (κ3) is 3.63. The second kappa shape index (κ2) is 5.36. The predicted molar refractivity (Wildman–Crippen MR) is 58.1 cm³/mol. The maximum atomic E-state index is 12.9. The Labute approximate surface area is 95.0 Å². The Kier molecular flexibility index (Phi) is 4.62. The smallest absolute Gasteiger partial charge is 0.326 e. The van der Waals surface area contributed by atoms with Gasteiger partial charge in [0.15, 0.2) is 0 Å². The molecule has 0 aliphatic carbocycles. The molecule has 2 nitrogen and oxygen atoms in total. The van der Waals surface area contributed by atoms with E-state index in [9.17, 15) is 13.2 Å². The van der Waals surface area contributed by atoms with E-state index in [1.54, 1.807) is 0 Å². The fourth-order valence-corrected chi connectivity index (χ4v) is 2.40. The van der Waals surface area contributed by atoms with Crippen molar-refractivity contribution >= 4 is 0 Å². The molecule has 96 valence electrons. The molecule has 0 amide bonds. The summed E-state index contributed by atoms with van der Waals surface area (Å²) in [6.07, 6.45) is -1.54. The standard InChI is InChI=1S/C11H21F3N2/c1-8-4-3-6-16(7-5-8)10(9(2)15)11(12,13)14/h8-10H,3-7,15H2,1-2H3. The van der Waals surface area contributed by atoms with Crippen molar-refractivity contribution in [2.45, 2.75) is 51.4 Å². The lowest BCUT2D eigenvalue weighted by atomic mass is 10.0. The second-order valence-electron chi connectivity index (χ2n) is 4.92. The van der Waals surface area contributed by atoms with Crippen molar-refractivity contribution in [2.75, 3.05) is 13.1 Å². The highest BCUT2D eigenvalue weighted by atomic mass is 19.4. The first-order valence-electron chi connectivity index (χ1n) is 5.88. The van der Waals surface area contributed by atoms with Gasteiger partial charge < -0.3 is 5.73 Å². The number of alkyl halides is 3. The first-order chi connectivity index (χ1) is 7.32. The zero-order valence-electron chi connectivity index (χ0n) is 9.93. The van der Waals surface area contributed by atoms with E-state index in [4.69, 9.17) is 5.73 Å². The Morgan fingerprint density at radius 1 is 1.25 bits per heavy atom. The minimum absolute atomic E-state index is 0.507. The van der Waals surface area contributed by atoms with Crippen LogP contribution in [0.5, 0.6) is 0 Å². The van der Waals surface area contributed by atoms with Gasteiger partial charge in [-0.15, -0.1) is 0 Å². The Bertz CT molecular complexity index is 216. The highest BCUT2D eigenvalue weighted by molar-refractivity contribution is 4.87. The summed E-state index contributed by atoms with van der Waals surface area (Å²) in [6, 6.07) is -2.36. The van der Waals surface area contributed by atoms with Crippen LogP contribution in [-0.2, 0) is 0 Å². The van der Waals surface area contributed by atoms with E-state index in [2.05, 4.69) is 6.92 Å². The summed E-state index contributed by atoms with van der Waals surface area (Å²) in [6.45, 7) is 4.55.